The Morgan fingerprint density at radius 3 is 2.00 bits per heavy atom. The highest BCUT2D eigenvalue weighted by Crippen LogP contribution is 2.40. The van der Waals surface area contributed by atoms with Crippen LogP contribution in [0.1, 0.15) is 31.9 Å². The van der Waals surface area contributed by atoms with Gasteiger partial charge >= 0.3 is 6.18 Å². The minimum absolute atomic E-state index is 0.00749. The van der Waals surface area contributed by atoms with Gasteiger partial charge in [-0.1, -0.05) is 20.8 Å². The van der Waals surface area contributed by atoms with Crippen molar-refractivity contribution >= 4 is 0 Å². The first-order valence-electron chi connectivity index (χ1n) is 6.53. The molecule has 0 saturated heterocycles. The fourth-order valence-electron chi connectivity index (χ4n) is 2.16. The summed E-state index contributed by atoms with van der Waals surface area (Å²) >= 11 is 0. The molecule has 0 spiro atoms. The molecule has 1 aromatic carbocycles. The minimum atomic E-state index is -4.66. The van der Waals surface area contributed by atoms with Crippen LogP contribution < -0.4 is 0 Å². The maximum Gasteiger partial charge on any atom is 0.417 e. The zero-order chi connectivity index (χ0) is 16.7. The third-order valence-corrected chi connectivity index (χ3v) is 3.26. The van der Waals surface area contributed by atoms with E-state index in [1.807, 2.05) is 0 Å². The zero-order valence-corrected chi connectivity index (χ0v) is 12.2. The van der Waals surface area contributed by atoms with Gasteiger partial charge in [0.1, 0.15) is 5.82 Å². The third kappa shape index (κ3) is 3.26. The Morgan fingerprint density at radius 1 is 0.909 bits per heavy atom. The molecular weight excluding hydrogens is 301 g/mol. The van der Waals surface area contributed by atoms with Crippen LogP contribution in [0.25, 0.3) is 11.1 Å². The van der Waals surface area contributed by atoms with Crippen LogP contribution in [0, 0.1) is 11.8 Å². The lowest BCUT2D eigenvalue weighted by Crippen LogP contribution is -2.17. The van der Waals surface area contributed by atoms with E-state index in [4.69, 9.17) is 0 Å². The molecule has 0 amide bonds. The number of pyridine rings is 1. The Morgan fingerprint density at radius 2 is 1.55 bits per heavy atom. The minimum Gasteiger partial charge on any atom is -0.228 e. The van der Waals surface area contributed by atoms with E-state index < -0.39 is 28.9 Å². The number of aromatic nitrogens is 1. The predicted octanol–water partition coefficient (Wildman–Crippen LogP) is 5.34. The van der Waals surface area contributed by atoms with Crippen molar-refractivity contribution in [1.29, 1.82) is 0 Å². The summed E-state index contributed by atoms with van der Waals surface area (Å²) in [6, 6.07) is 3.72. The second kappa shape index (κ2) is 5.34. The van der Waals surface area contributed by atoms with E-state index in [1.165, 1.54) is 0 Å². The molecule has 22 heavy (non-hydrogen) atoms. The number of halogens is 5. The highest BCUT2D eigenvalue weighted by molar-refractivity contribution is 5.68. The molecule has 2 rings (SSSR count). The van der Waals surface area contributed by atoms with E-state index in [2.05, 4.69) is 4.98 Å². The van der Waals surface area contributed by atoms with Crippen LogP contribution in [0.15, 0.2) is 30.5 Å². The SMILES string of the molecule is CC(C)(C)c1cc(C(F)(F)F)c(-c2ccc(F)nc2)cc1F. The Labute approximate surface area is 124 Å². The van der Waals surface area contributed by atoms with Gasteiger partial charge in [0.05, 0.1) is 5.56 Å². The lowest BCUT2D eigenvalue weighted by atomic mass is 9.84. The lowest BCUT2D eigenvalue weighted by Gasteiger charge is -2.23. The monoisotopic (exact) mass is 315 g/mol. The summed E-state index contributed by atoms with van der Waals surface area (Å²) in [5.74, 6) is -1.55. The first kappa shape index (κ1) is 16.4. The summed E-state index contributed by atoms with van der Waals surface area (Å²) in [6.07, 6.45) is -3.70. The number of benzene rings is 1. The summed E-state index contributed by atoms with van der Waals surface area (Å²) < 4.78 is 66.9. The Balaban J connectivity index is 2.73. The summed E-state index contributed by atoms with van der Waals surface area (Å²) in [7, 11) is 0. The van der Waals surface area contributed by atoms with Crippen LogP contribution in [0.4, 0.5) is 22.0 Å². The van der Waals surface area contributed by atoms with Gasteiger partial charge in [0.15, 0.2) is 0 Å². The number of hydrogen-bond acceptors (Lipinski definition) is 1. The molecule has 1 heterocycles. The number of alkyl halides is 3. The molecule has 0 aliphatic carbocycles. The lowest BCUT2D eigenvalue weighted by molar-refractivity contribution is -0.137. The maximum absolute atomic E-state index is 14.2. The van der Waals surface area contributed by atoms with Crippen molar-refractivity contribution in [2.45, 2.75) is 32.4 Å². The molecule has 0 N–H and O–H groups in total. The average molecular weight is 315 g/mol. The number of nitrogens with zero attached hydrogens (tertiary/aromatic N) is 1. The normalized spacial score (nSPS) is 12.5. The topological polar surface area (TPSA) is 12.9 Å². The van der Waals surface area contributed by atoms with Gasteiger partial charge in [-0.15, -0.1) is 0 Å². The van der Waals surface area contributed by atoms with Gasteiger partial charge in [0.25, 0.3) is 0 Å². The van der Waals surface area contributed by atoms with Crippen LogP contribution in [0.5, 0.6) is 0 Å². The van der Waals surface area contributed by atoms with E-state index in [0.717, 1.165) is 30.5 Å². The maximum atomic E-state index is 14.2. The molecule has 1 nitrogen and oxygen atoms in total. The molecule has 0 unspecified atom stereocenters. The highest BCUT2D eigenvalue weighted by atomic mass is 19.4. The fraction of sp³-hybridized carbons (Fsp3) is 0.312. The van der Waals surface area contributed by atoms with Crippen molar-refractivity contribution in [3.05, 3.63) is 53.4 Å². The molecule has 2 aromatic rings. The van der Waals surface area contributed by atoms with Crippen molar-refractivity contribution in [2.75, 3.05) is 0 Å². The first-order chi connectivity index (χ1) is 10.00. The van der Waals surface area contributed by atoms with Gasteiger partial charge in [0.2, 0.25) is 5.95 Å². The van der Waals surface area contributed by atoms with Gasteiger partial charge in [-0.05, 0) is 40.8 Å². The molecule has 6 heteroatoms. The van der Waals surface area contributed by atoms with Gasteiger partial charge in [-0.25, -0.2) is 9.37 Å². The Hall–Kier alpha value is -1.98. The van der Waals surface area contributed by atoms with E-state index in [-0.39, 0.29) is 16.7 Å². The molecule has 0 atom stereocenters. The number of rotatable bonds is 1. The molecule has 0 aliphatic heterocycles. The average Bonchev–Trinajstić information content (AvgIpc) is 2.36. The standard InChI is InChI=1S/C16H14F5N/c1-15(2,3)12-7-11(16(19,20)21)10(6-13(12)17)9-4-5-14(18)22-8-9/h4-8H,1-3H3. The van der Waals surface area contributed by atoms with Gasteiger partial charge < -0.3 is 0 Å². The first-order valence-corrected chi connectivity index (χ1v) is 6.53. The van der Waals surface area contributed by atoms with Crippen LogP contribution >= 0.6 is 0 Å². The molecule has 0 saturated carbocycles. The Kier molecular flexibility index (Phi) is 3.98. The highest BCUT2D eigenvalue weighted by Gasteiger charge is 2.36. The second-order valence-corrected chi connectivity index (χ2v) is 5.99. The fourth-order valence-corrected chi connectivity index (χ4v) is 2.16. The summed E-state index contributed by atoms with van der Waals surface area (Å²) in [5, 5.41) is 0. The smallest absolute Gasteiger partial charge is 0.228 e. The summed E-state index contributed by atoms with van der Waals surface area (Å²) in [5.41, 5.74) is -2.12. The van der Waals surface area contributed by atoms with Crippen LogP contribution in [-0.4, -0.2) is 4.98 Å². The van der Waals surface area contributed by atoms with E-state index in [1.54, 1.807) is 20.8 Å². The zero-order valence-electron chi connectivity index (χ0n) is 12.2. The van der Waals surface area contributed by atoms with Gasteiger partial charge in [-0.2, -0.15) is 17.6 Å². The molecule has 0 aliphatic rings. The molecule has 1 aromatic heterocycles. The Bertz CT molecular complexity index is 681. The van der Waals surface area contributed by atoms with Crippen LogP contribution in [0.2, 0.25) is 0 Å². The third-order valence-electron chi connectivity index (χ3n) is 3.26. The van der Waals surface area contributed by atoms with Crippen molar-refractivity contribution in [3.63, 3.8) is 0 Å². The molecular formula is C16H14F5N. The van der Waals surface area contributed by atoms with Gasteiger partial charge in [0, 0.05) is 11.8 Å². The summed E-state index contributed by atoms with van der Waals surface area (Å²) in [6.45, 7) is 4.89. The number of hydrogen-bond donors (Lipinski definition) is 0. The van der Waals surface area contributed by atoms with Crippen LogP contribution in [0.3, 0.4) is 0 Å². The van der Waals surface area contributed by atoms with Crippen LogP contribution in [-0.2, 0) is 11.6 Å². The quantitative estimate of drug-likeness (QED) is 0.511. The van der Waals surface area contributed by atoms with Crippen molar-refractivity contribution in [3.8, 4) is 11.1 Å². The van der Waals surface area contributed by atoms with Crippen molar-refractivity contribution in [1.82, 2.24) is 4.98 Å². The largest absolute Gasteiger partial charge is 0.417 e. The molecule has 0 bridgehead atoms. The van der Waals surface area contributed by atoms with E-state index >= 15 is 0 Å². The molecule has 118 valence electrons. The van der Waals surface area contributed by atoms with Crippen molar-refractivity contribution in [2.24, 2.45) is 0 Å². The molecule has 0 fully saturated rings. The van der Waals surface area contributed by atoms with Crippen molar-refractivity contribution < 1.29 is 22.0 Å². The van der Waals surface area contributed by atoms with E-state index in [0.29, 0.717) is 0 Å². The summed E-state index contributed by atoms with van der Waals surface area (Å²) in [4.78, 5) is 3.32. The van der Waals surface area contributed by atoms with E-state index in [9.17, 15) is 22.0 Å². The second-order valence-electron chi connectivity index (χ2n) is 5.99. The van der Waals surface area contributed by atoms with Gasteiger partial charge in [-0.3, -0.25) is 0 Å². The predicted molar refractivity (Wildman–Crippen MR) is 73.3 cm³/mol. The molecule has 0 radical (unpaired) electrons.